The third kappa shape index (κ3) is 18.1. The Morgan fingerprint density at radius 3 is 1.45 bits per heavy atom. The van der Waals surface area contributed by atoms with Crippen molar-refractivity contribution in [2.75, 3.05) is 14.2 Å². The molecule has 0 heterocycles. The van der Waals surface area contributed by atoms with E-state index < -0.39 is 17.9 Å². The number of esters is 2. The van der Waals surface area contributed by atoms with Gasteiger partial charge in [-0.25, -0.2) is 0 Å². The number of hydrogen-bond acceptors (Lipinski definition) is 4. The van der Waals surface area contributed by atoms with Crippen LogP contribution >= 0.6 is 0 Å². The number of carbonyl (C=O) groups is 2. The summed E-state index contributed by atoms with van der Waals surface area (Å²) in [6.07, 6.45) is 25.4. The summed E-state index contributed by atoms with van der Waals surface area (Å²) in [4.78, 5) is 24.2. The van der Waals surface area contributed by atoms with Crippen molar-refractivity contribution in [3.63, 3.8) is 0 Å². The van der Waals surface area contributed by atoms with Crippen molar-refractivity contribution in [2.24, 2.45) is 11.8 Å². The standard InChI is InChI=1S/C29H48O4/c1-5-7-9-11-13-15-17-19-21-23-26(25-27(28(30)32-3)29(31)33-4)24-22-20-18-16-14-12-10-8-6-2/h19-20,23-24,26-27H,5-18,25H2,1-4H3. The summed E-state index contributed by atoms with van der Waals surface area (Å²) in [6.45, 7) is 4.46. The number of hydrogen-bond donors (Lipinski definition) is 0. The zero-order valence-corrected chi connectivity index (χ0v) is 21.7. The zero-order valence-electron chi connectivity index (χ0n) is 21.7. The van der Waals surface area contributed by atoms with E-state index in [4.69, 9.17) is 9.47 Å². The Kier molecular flexibility index (Phi) is 21.7. The van der Waals surface area contributed by atoms with Gasteiger partial charge in [0.2, 0.25) is 0 Å². The summed E-state index contributed by atoms with van der Waals surface area (Å²) >= 11 is 0. The number of unbranched alkanes of at least 4 members (excludes halogenated alkanes) is 12. The number of methoxy groups -OCH3 is 2. The van der Waals surface area contributed by atoms with E-state index in [1.807, 2.05) is 24.3 Å². The smallest absolute Gasteiger partial charge is 0.320 e. The van der Waals surface area contributed by atoms with Gasteiger partial charge in [-0.1, -0.05) is 78.1 Å². The zero-order chi connectivity index (χ0) is 24.6. The summed E-state index contributed by atoms with van der Waals surface area (Å²) in [6, 6.07) is 0. The predicted octanol–water partition coefficient (Wildman–Crippen LogP) is 7.88. The Balaban J connectivity index is 4.89. The van der Waals surface area contributed by atoms with Crippen LogP contribution in [-0.2, 0) is 19.1 Å². The molecule has 4 nitrogen and oxygen atoms in total. The van der Waals surface area contributed by atoms with Gasteiger partial charge in [-0.15, -0.1) is 11.5 Å². The van der Waals surface area contributed by atoms with E-state index in [2.05, 4.69) is 25.3 Å². The van der Waals surface area contributed by atoms with Crippen LogP contribution in [0.15, 0.2) is 35.8 Å². The maximum absolute atomic E-state index is 12.1. The first kappa shape index (κ1) is 31.0. The first-order valence-electron chi connectivity index (χ1n) is 13.1. The van der Waals surface area contributed by atoms with Gasteiger partial charge < -0.3 is 9.47 Å². The molecule has 0 rings (SSSR count). The highest BCUT2D eigenvalue weighted by Gasteiger charge is 2.30. The number of ether oxygens (including phenoxy) is 2. The van der Waals surface area contributed by atoms with Crippen LogP contribution in [0.4, 0.5) is 0 Å². The Labute approximate surface area is 203 Å². The van der Waals surface area contributed by atoms with E-state index in [0.717, 1.165) is 25.7 Å². The van der Waals surface area contributed by atoms with E-state index >= 15 is 0 Å². The van der Waals surface area contributed by atoms with Crippen LogP contribution in [0.3, 0.4) is 0 Å². The Morgan fingerprint density at radius 2 is 1.06 bits per heavy atom. The fraction of sp³-hybridized carbons (Fsp3) is 0.724. The van der Waals surface area contributed by atoms with Gasteiger partial charge in [0, 0.05) is 5.92 Å². The second-order valence-corrected chi connectivity index (χ2v) is 8.69. The molecule has 0 fully saturated rings. The molecule has 0 aromatic carbocycles. The normalized spacial score (nSPS) is 11.2. The largest absolute Gasteiger partial charge is 0.468 e. The van der Waals surface area contributed by atoms with Crippen LogP contribution in [-0.4, -0.2) is 26.2 Å². The maximum Gasteiger partial charge on any atom is 0.320 e. The lowest BCUT2D eigenvalue weighted by atomic mass is 9.94. The Morgan fingerprint density at radius 1 is 0.667 bits per heavy atom. The molecule has 0 atom stereocenters. The monoisotopic (exact) mass is 460 g/mol. The van der Waals surface area contributed by atoms with Gasteiger partial charge in [0.25, 0.3) is 0 Å². The molecule has 0 aliphatic rings. The van der Waals surface area contributed by atoms with Gasteiger partial charge in [0.05, 0.1) is 14.2 Å². The molecule has 0 aliphatic heterocycles. The number of allylic oxidation sites excluding steroid dienone is 2. The average Bonchev–Trinajstić information content (AvgIpc) is 2.83. The predicted molar refractivity (Wildman–Crippen MR) is 137 cm³/mol. The summed E-state index contributed by atoms with van der Waals surface area (Å²) in [5, 5.41) is 0. The summed E-state index contributed by atoms with van der Waals surface area (Å²) in [7, 11) is 2.58. The van der Waals surface area contributed by atoms with E-state index in [1.165, 1.54) is 78.4 Å². The fourth-order valence-corrected chi connectivity index (χ4v) is 3.63. The third-order valence-electron chi connectivity index (χ3n) is 5.74. The van der Waals surface area contributed by atoms with Crippen LogP contribution in [0.2, 0.25) is 0 Å². The molecule has 4 heteroatoms. The molecule has 0 aromatic rings. The molecule has 0 bridgehead atoms. The molecule has 33 heavy (non-hydrogen) atoms. The van der Waals surface area contributed by atoms with Gasteiger partial charge in [-0.05, 0) is 56.4 Å². The molecule has 0 amide bonds. The SMILES string of the molecule is CCCCCCCCC=C=CC(C=C=CCCCCCCCC)CC(C(=O)OC)C(=O)OC. The molecule has 188 valence electrons. The number of carbonyl (C=O) groups excluding carboxylic acids is 2. The molecule has 0 radical (unpaired) electrons. The molecular weight excluding hydrogens is 412 g/mol. The second-order valence-electron chi connectivity index (χ2n) is 8.69. The quantitative estimate of drug-likeness (QED) is 0.0802. The lowest BCUT2D eigenvalue weighted by molar-refractivity contribution is -0.159. The van der Waals surface area contributed by atoms with Gasteiger partial charge in [-0.2, -0.15) is 0 Å². The molecular formula is C29H48O4. The summed E-state index contributed by atoms with van der Waals surface area (Å²) in [5.41, 5.74) is 6.50. The molecule has 0 saturated carbocycles. The van der Waals surface area contributed by atoms with E-state index in [9.17, 15) is 9.59 Å². The molecule has 0 unspecified atom stereocenters. The van der Waals surface area contributed by atoms with Crippen LogP contribution in [0, 0.1) is 11.8 Å². The van der Waals surface area contributed by atoms with E-state index in [-0.39, 0.29) is 12.3 Å². The van der Waals surface area contributed by atoms with Gasteiger partial charge in [0.15, 0.2) is 5.92 Å². The van der Waals surface area contributed by atoms with Crippen LogP contribution in [0.1, 0.15) is 110 Å². The minimum Gasteiger partial charge on any atom is -0.468 e. The molecule has 0 aromatic heterocycles. The highest BCUT2D eigenvalue weighted by Crippen LogP contribution is 2.18. The van der Waals surface area contributed by atoms with Crippen molar-refractivity contribution in [3.05, 3.63) is 35.8 Å². The van der Waals surface area contributed by atoms with Crippen molar-refractivity contribution in [3.8, 4) is 0 Å². The average molecular weight is 461 g/mol. The molecule has 0 saturated heterocycles. The Bertz CT molecular complexity index is 570. The van der Waals surface area contributed by atoms with E-state index in [0.29, 0.717) is 0 Å². The van der Waals surface area contributed by atoms with Gasteiger partial charge in [-0.3, -0.25) is 9.59 Å². The van der Waals surface area contributed by atoms with Gasteiger partial charge in [0.1, 0.15) is 0 Å². The van der Waals surface area contributed by atoms with Crippen molar-refractivity contribution in [1.82, 2.24) is 0 Å². The van der Waals surface area contributed by atoms with E-state index in [1.54, 1.807) is 0 Å². The Hall–Kier alpha value is -2.02. The third-order valence-corrected chi connectivity index (χ3v) is 5.74. The highest BCUT2D eigenvalue weighted by atomic mass is 16.5. The molecule has 0 N–H and O–H groups in total. The van der Waals surface area contributed by atoms with Crippen molar-refractivity contribution >= 4 is 11.9 Å². The van der Waals surface area contributed by atoms with Crippen molar-refractivity contribution in [2.45, 2.75) is 110 Å². The highest BCUT2D eigenvalue weighted by molar-refractivity contribution is 5.94. The van der Waals surface area contributed by atoms with Gasteiger partial charge >= 0.3 is 11.9 Å². The van der Waals surface area contributed by atoms with Crippen LogP contribution in [0.5, 0.6) is 0 Å². The van der Waals surface area contributed by atoms with Crippen molar-refractivity contribution in [1.29, 1.82) is 0 Å². The summed E-state index contributed by atoms with van der Waals surface area (Å²) in [5.74, 6) is -2.23. The first-order valence-corrected chi connectivity index (χ1v) is 13.1. The minimum absolute atomic E-state index is 0.144. The first-order chi connectivity index (χ1) is 16.1. The maximum atomic E-state index is 12.1. The minimum atomic E-state index is -0.946. The fourth-order valence-electron chi connectivity index (χ4n) is 3.63. The topological polar surface area (TPSA) is 52.6 Å². The van der Waals surface area contributed by atoms with Crippen LogP contribution in [0.25, 0.3) is 0 Å². The molecule has 0 aliphatic carbocycles. The molecule has 0 spiro atoms. The number of rotatable bonds is 20. The van der Waals surface area contributed by atoms with Crippen molar-refractivity contribution < 1.29 is 19.1 Å². The summed E-state index contributed by atoms with van der Waals surface area (Å²) < 4.78 is 9.62. The van der Waals surface area contributed by atoms with Crippen LogP contribution < -0.4 is 0 Å². The lowest BCUT2D eigenvalue weighted by Gasteiger charge is -2.14. The second kappa shape index (κ2) is 23.1. The lowest BCUT2D eigenvalue weighted by Crippen LogP contribution is -2.28.